The van der Waals surface area contributed by atoms with Crippen LogP contribution in [0.5, 0.6) is 0 Å². The molecule has 1 saturated heterocycles. The van der Waals surface area contributed by atoms with Gasteiger partial charge in [0.05, 0.1) is 25.1 Å². The third-order valence-electron chi connectivity index (χ3n) is 2.75. The topological polar surface area (TPSA) is 38.8 Å². The van der Waals surface area contributed by atoms with E-state index in [1.54, 1.807) is 0 Å². The van der Waals surface area contributed by atoms with Crippen LogP contribution in [0.1, 0.15) is 6.92 Å². The molecule has 1 atom stereocenters. The van der Waals surface area contributed by atoms with Gasteiger partial charge in [-0.1, -0.05) is 18.2 Å². The van der Waals surface area contributed by atoms with Gasteiger partial charge in [0.1, 0.15) is 0 Å². The molecule has 0 N–H and O–H groups in total. The van der Waals surface area contributed by atoms with Crippen molar-refractivity contribution in [1.29, 1.82) is 0 Å². The molecule has 0 spiro atoms. The second-order valence-electron chi connectivity index (χ2n) is 3.84. The Morgan fingerprint density at radius 1 is 1.29 bits per heavy atom. The third kappa shape index (κ3) is 2.78. The van der Waals surface area contributed by atoms with E-state index >= 15 is 0 Å². The van der Waals surface area contributed by atoms with Crippen molar-refractivity contribution in [2.75, 3.05) is 32.9 Å². The predicted molar refractivity (Wildman–Crippen MR) is 67.7 cm³/mol. The van der Waals surface area contributed by atoms with Crippen LogP contribution in [0.3, 0.4) is 0 Å². The van der Waals surface area contributed by atoms with E-state index in [-0.39, 0.29) is 0 Å². The van der Waals surface area contributed by atoms with Gasteiger partial charge in [-0.25, -0.2) is 4.67 Å². The predicted octanol–water partition coefficient (Wildman–Crippen LogP) is 1.87. The molecule has 17 heavy (non-hydrogen) atoms. The molecule has 1 unspecified atom stereocenters. The van der Waals surface area contributed by atoms with Crippen LogP contribution >= 0.6 is 7.52 Å². The summed E-state index contributed by atoms with van der Waals surface area (Å²) in [6.07, 6.45) is 0. The summed E-state index contributed by atoms with van der Waals surface area (Å²) in [6, 6.07) is 9.43. The average Bonchev–Trinajstić information content (AvgIpc) is 2.41. The van der Waals surface area contributed by atoms with Crippen molar-refractivity contribution in [3.8, 4) is 0 Å². The van der Waals surface area contributed by atoms with Crippen LogP contribution < -0.4 is 5.30 Å². The van der Waals surface area contributed by atoms with Crippen LogP contribution in [-0.4, -0.2) is 37.6 Å². The fourth-order valence-electron chi connectivity index (χ4n) is 1.93. The molecular weight excluding hydrogens is 237 g/mol. The van der Waals surface area contributed by atoms with Gasteiger partial charge in [-0.05, 0) is 19.1 Å². The van der Waals surface area contributed by atoms with Gasteiger partial charge >= 0.3 is 7.52 Å². The van der Waals surface area contributed by atoms with Gasteiger partial charge in [-0.2, -0.15) is 0 Å². The molecular formula is C12H18NO3P. The van der Waals surface area contributed by atoms with Gasteiger partial charge in [-0.15, -0.1) is 0 Å². The Morgan fingerprint density at radius 2 is 1.94 bits per heavy atom. The van der Waals surface area contributed by atoms with E-state index in [4.69, 9.17) is 9.26 Å². The Bertz CT molecular complexity index is 390. The van der Waals surface area contributed by atoms with Crippen molar-refractivity contribution in [3.63, 3.8) is 0 Å². The molecule has 94 valence electrons. The molecule has 1 aliphatic heterocycles. The Labute approximate surface area is 102 Å². The maximum absolute atomic E-state index is 13.0. The SMILES string of the molecule is CCOP(=O)(c1ccccc1)N1CCOCC1. The zero-order valence-electron chi connectivity index (χ0n) is 10.0. The Kier molecular flexibility index (Phi) is 4.35. The number of ether oxygens (including phenoxy) is 1. The lowest BCUT2D eigenvalue weighted by atomic mass is 10.4. The maximum atomic E-state index is 13.0. The summed E-state index contributed by atoms with van der Waals surface area (Å²) in [7, 11) is -2.89. The van der Waals surface area contributed by atoms with Crippen molar-refractivity contribution >= 4 is 12.8 Å². The van der Waals surface area contributed by atoms with E-state index in [0.29, 0.717) is 32.9 Å². The Morgan fingerprint density at radius 3 is 2.53 bits per heavy atom. The number of benzene rings is 1. The summed E-state index contributed by atoms with van der Waals surface area (Å²) in [5.74, 6) is 0. The number of hydrogen-bond donors (Lipinski definition) is 0. The molecule has 5 heteroatoms. The zero-order valence-corrected chi connectivity index (χ0v) is 10.9. The molecule has 1 heterocycles. The maximum Gasteiger partial charge on any atom is 0.302 e. The summed E-state index contributed by atoms with van der Waals surface area (Å²) in [4.78, 5) is 0. The van der Waals surface area contributed by atoms with E-state index in [2.05, 4.69) is 0 Å². The zero-order chi connectivity index (χ0) is 12.1. The van der Waals surface area contributed by atoms with Crippen LogP contribution in [0, 0.1) is 0 Å². The normalized spacial score (nSPS) is 21.0. The van der Waals surface area contributed by atoms with Gasteiger partial charge in [-0.3, -0.25) is 4.57 Å². The fraction of sp³-hybridized carbons (Fsp3) is 0.500. The van der Waals surface area contributed by atoms with Crippen molar-refractivity contribution in [1.82, 2.24) is 4.67 Å². The number of morpholine rings is 1. The Balaban J connectivity index is 2.28. The molecule has 0 aromatic heterocycles. The van der Waals surface area contributed by atoms with Crippen molar-refractivity contribution < 1.29 is 13.8 Å². The van der Waals surface area contributed by atoms with Crippen molar-refractivity contribution in [2.45, 2.75) is 6.92 Å². The van der Waals surface area contributed by atoms with Gasteiger partial charge in [0.15, 0.2) is 0 Å². The summed E-state index contributed by atoms with van der Waals surface area (Å²) in [6.45, 7) is 4.87. The first-order chi connectivity index (χ1) is 8.27. The van der Waals surface area contributed by atoms with Crippen LogP contribution in [0.25, 0.3) is 0 Å². The average molecular weight is 255 g/mol. The molecule has 0 aliphatic carbocycles. The summed E-state index contributed by atoms with van der Waals surface area (Å²) >= 11 is 0. The molecule has 4 nitrogen and oxygen atoms in total. The highest BCUT2D eigenvalue weighted by Gasteiger charge is 2.34. The van der Waals surface area contributed by atoms with Gasteiger partial charge in [0.2, 0.25) is 0 Å². The fourth-order valence-corrected chi connectivity index (χ4v) is 4.16. The minimum Gasteiger partial charge on any atom is -0.379 e. The molecule has 1 aromatic carbocycles. The first-order valence-corrected chi connectivity index (χ1v) is 7.48. The summed E-state index contributed by atoms with van der Waals surface area (Å²) in [5.41, 5.74) is 0. The third-order valence-corrected chi connectivity index (χ3v) is 5.45. The summed E-state index contributed by atoms with van der Waals surface area (Å²) < 4.78 is 25.8. The number of hydrogen-bond acceptors (Lipinski definition) is 3. The second kappa shape index (κ2) is 5.78. The Hall–Kier alpha value is -0.670. The minimum atomic E-state index is -2.89. The van der Waals surface area contributed by atoms with Crippen LogP contribution in [0.4, 0.5) is 0 Å². The monoisotopic (exact) mass is 255 g/mol. The van der Waals surface area contributed by atoms with E-state index in [9.17, 15) is 4.57 Å². The largest absolute Gasteiger partial charge is 0.379 e. The molecule has 2 rings (SSSR count). The van der Waals surface area contributed by atoms with Gasteiger partial charge < -0.3 is 9.26 Å². The van der Waals surface area contributed by atoms with Crippen LogP contribution in [0.15, 0.2) is 30.3 Å². The lowest BCUT2D eigenvalue weighted by molar-refractivity contribution is 0.0662. The molecule has 0 saturated carbocycles. The van der Waals surface area contributed by atoms with E-state index in [1.165, 1.54) is 0 Å². The van der Waals surface area contributed by atoms with Gasteiger partial charge in [0.25, 0.3) is 0 Å². The van der Waals surface area contributed by atoms with E-state index in [0.717, 1.165) is 5.30 Å². The highest BCUT2D eigenvalue weighted by molar-refractivity contribution is 7.64. The lowest BCUT2D eigenvalue weighted by Crippen LogP contribution is -2.37. The molecule has 1 aromatic rings. The number of rotatable bonds is 4. The minimum absolute atomic E-state index is 0.448. The lowest BCUT2D eigenvalue weighted by Gasteiger charge is -2.33. The second-order valence-corrected chi connectivity index (χ2v) is 6.22. The summed E-state index contributed by atoms with van der Waals surface area (Å²) in [5, 5.41) is 0.767. The quantitative estimate of drug-likeness (QED) is 0.770. The van der Waals surface area contributed by atoms with Crippen LogP contribution in [0.2, 0.25) is 0 Å². The highest BCUT2D eigenvalue weighted by Crippen LogP contribution is 2.49. The standard InChI is InChI=1S/C12H18NO3P/c1-2-16-17(14,12-6-4-3-5-7-12)13-8-10-15-11-9-13/h3-7H,2,8-11H2,1H3. The highest BCUT2D eigenvalue weighted by atomic mass is 31.2. The van der Waals surface area contributed by atoms with E-state index < -0.39 is 7.52 Å². The molecule has 0 bridgehead atoms. The molecule has 0 amide bonds. The van der Waals surface area contributed by atoms with E-state index in [1.807, 2.05) is 41.9 Å². The molecule has 1 fully saturated rings. The number of nitrogens with zero attached hydrogens (tertiary/aromatic N) is 1. The first-order valence-electron chi connectivity index (χ1n) is 5.91. The molecule has 0 radical (unpaired) electrons. The first kappa shape index (κ1) is 12.8. The smallest absolute Gasteiger partial charge is 0.302 e. The molecule has 1 aliphatic rings. The van der Waals surface area contributed by atoms with Crippen molar-refractivity contribution in [2.24, 2.45) is 0 Å². The van der Waals surface area contributed by atoms with Crippen LogP contribution in [-0.2, 0) is 13.8 Å². The van der Waals surface area contributed by atoms with Crippen molar-refractivity contribution in [3.05, 3.63) is 30.3 Å². The van der Waals surface area contributed by atoms with Gasteiger partial charge in [0, 0.05) is 13.1 Å².